The monoisotopic (exact) mass is 554 g/mol. The number of aliphatic hydroxyl groups is 2. The molecule has 12 heteroatoms. The van der Waals surface area contributed by atoms with E-state index < -0.39 is 76.4 Å². The van der Waals surface area contributed by atoms with Crippen LogP contribution in [0.25, 0.3) is 5.76 Å². The lowest BCUT2D eigenvalue weighted by Crippen LogP contribution is -2.66. The fourth-order valence-corrected chi connectivity index (χ4v) is 6.78. The van der Waals surface area contributed by atoms with E-state index in [0.717, 1.165) is 0 Å². The van der Waals surface area contributed by atoms with E-state index >= 15 is 0 Å². The molecule has 1 saturated carbocycles. The van der Waals surface area contributed by atoms with Crippen LogP contribution in [0.2, 0.25) is 0 Å². The van der Waals surface area contributed by atoms with E-state index in [-0.39, 0.29) is 29.7 Å². The van der Waals surface area contributed by atoms with Crippen LogP contribution in [0.5, 0.6) is 5.75 Å². The summed E-state index contributed by atoms with van der Waals surface area (Å²) in [5.74, 6) is -5.77. The van der Waals surface area contributed by atoms with E-state index in [9.17, 15) is 29.7 Å². The number of phenolic OH excluding ortho intramolecular Hbond substituents is 1. The molecule has 1 aliphatic heterocycles. The first kappa shape index (κ1) is 28.3. The Morgan fingerprint density at radius 1 is 1.10 bits per heavy atom. The number of nitrogens with zero attached hydrogens (tertiary/aromatic N) is 1. The number of phenols is 1. The van der Waals surface area contributed by atoms with Crippen molar-refractivity contribution < 1.29 is 43.7 Å². The Balaban J connectivity index is 1.71. The number of nitrogens with two attached hydrogens (primary N) is 1. The number of hydrogen-bond acceptors (Lipinski definition) is 10. The van der Waals surface area contributed by atoms with Gasteiger partial charge in [0.05, 0.1) is 22.8 Å². The number of primary amides is 1. The van der Waals surface area contributed by atoms with Crippen LogP contribution in [0.3, 0.4) is 0 Å². The lowest BCUT2D eigenvalue weighted by Gasteiger charge is -2.52. The first-order chi connectivity index (χ1) is 18.5. The number of rotatable bonds is 4. The molecule has 5 N–H and O–H groups in total. The van der Waals surface area contributed by atoms with Crippen LogP contribution in [-0.4, -0.2) is 88.9 Å². The number of benzene rings is 1. The van der Waals surface area contributed by atoms with Crippen LogP contribution in [0.1, 0.15) is 45.2 Å². The van der Waals surface area contributed by atoms with Gasteiger partial charge in [0.25, 0.3) is 5.91 Å². The first-order valence-corrected chi connectivity index (χ1v) is 13.2. The number of Topliss-reactive ketones (excluding diaryl/α,β-unsaturated/α-hetero) is 2. The van der Waals surface area contributed by atoms with Crippen molar-refractivity contribution in [1.82, 2.24) is 4.90 Å². The number of carbonyl (C=O) groups is 3. The third-order valence-corrected chi connectivity index (χ3v) is 9.44. The first-order valence-electron chi connectivity index (χ1n) is 13.2. The van der Waals surface area contributed by atoms with Gasteiger partial charge in [0.2, 0.25) is 5.78 Å². The molecular formula is C28H35BN2O9. The second-order valence-electron chi connectivity index (χ2n) is 12.3. The van der Waals surface area contributed by atoms with Crippen molar-refractivity contribution in [2.24, 2.45) is 17.6 Å². The fraction of sp³-hybridized carbons (Fsp3) is 0.536. The Hall–Kier alpha value is -3.19. The zero-order valence-corrected chi connectivity index (χ0v) is 23.7. The van der Waals surface area contributed by atoms with E-state index in [4.69, 9.17) is 19.8 Å². The van der Waals surface area contributed by atoms with Gasteiger partial charge in [0.15, 0.2) is 11.4 Å². The molecule has 214 valence electrons. The smallest absolute Gasteiger partial charge is 0.495 e. The highest BCUT2D eigenvalue weighted by atomic mass is 16.7. The van der Waals surface area contributed by atoms with E-state index in [1.807, 2.05) is 27.7 Å². The second kappa shape index (κ2) is 8.91. The maximum atomic E-state index is 14.3. The molecule has 1 saturated heterocycles. The summed E-state index contributed by atoms with van der Waals surface area (Å²) in [6.45, 7) is 7.67. The molecule has 3 aliphatic carbocycles. The predicted molar refractivity (Wildman–Crippen MR) is 145 cm³/mol. The Kier molecular flexibility index (Phi) is 6.31. The number of aliphatic hydroxyl groups excluding tert-OH is 2. The topological polar surface area (TPSA) is 169 Å². The highest BCUT2D eigenvalue weighted by molar-refractivity contribution is 6.62. The minimum atomic E-state index is -2.14. The molecule has 11 nitrogen and oxygen atoms in total. The number of hydrogen-bond donors (Lipinski definition) is 4. The zero-order chi connectivity index (χ0) is 29.7. The molecule has 1 aromatic carbocycles. The average Bonchev–Trinajstić information content (AvgIpc) is 3.05. The van der Waals surface area contributed by atoms with Crippen molar-refractivity contribution >= 4 is 35.8 Å². The zero-order valence-electron chi connectivity index (χ0n) is 23.7. The summed E-state index contributed by atoms with van der Waals surface area (Å²) in [5.41, 5.74) is 2.52. The lowest BCUT2D eigenvalue weighted by atomic mass is 9.56. The van der Waals surface area contributed by atoms with E-state index in [1.54, 1.807) is 25.1 Å². The fourth-order valence-electron chi connectivity index (χ4n) is 6.78. The van der Waals surface area contributed by atoms with E-state index in [2.05, 4.69) is 0 Å². The minimum Gasteiger partial charge on any atom is -0.508 e. The maximum absolute atomic E-state index is 14.3. The van der Waals surface area contributed by atoms with Gasteiger partial charge in [-0.1, -0.05) is 6.07 Å². The van der Waals surface area contributed by atoms with Crippen LogP contribution in [0.15, 0.2) is 29.0 Å². The summed E-state index contributed by atoms with van der Waals surface area (Å²) < 4.78 is 18.2. The van der Waals surface area contributed by atoms with Crippen molar-refractivity contribution in [3.63, 3.8) is 0 Å². The Morgan fingerprint density at radius 2 is 1.70 bits per heavy atom. The Bertz CT molecular complexity index is 1400. The maximum Gasteiger partial charge on any atom is 0.495 e. The number of ketones is 2. The summed E-state index contributed by atoms with van der Waals surface area (Å²) >= 11 is 0. The molecule has 0 unspecified atom stereocenters. The SMILES string of the molecule is CO[C@]12C(=O)C3=C(O)c4c(O)ccc(B5OC(C)(C)C(C)(C)O5)c4C[C@H]3C[C@H]1[C@H](N(C)C)C(=O)C(C(N)=O)=C2O. The molecular weight excluding hydrogens is 519 g/mol. The summed E-state index contributed by atoms with van der Waals surface area (Å²) in [4.78, 5) is 41.5. The van der Waals surface area contributed by atoms with Crippen LogP contribution >= 0.6 is 0 Å². The van der Waals surface area contributed by atoms with Crippen molar-refractivity contribution in [3.05, 3.63) is 40.2 Å². The van der Waals surface area contributed by atoms with E-state index in [1.165, 1.54) is 13.2 Å². The quantitative estimate of drug-likeness (QED) is 0.310. The highest BCUT2D eigenvalue weighted by Crippen LogP contribution is 2.54. The number of amides is 1. The van der Waals surface area contributed by atoms with E-state index in [0.29, 0.717) is 11.0 Å². The summed E-state index contributed by atoms with van der Waals surface area (Å²) in [6, 6.07) is 2.07. The molecule has 40 heavy (non-hydrogen) atoms. The summed E-state index contributed by atoms with van der Waals surface area (Å²) in [5, 5.41) is 33.7. The standard InChI is InChI=1S/C28H35BN2O9/c1-26(2)27(3,4)40-29(39-26)15-8-9-16(32)18-13(15)10-12-11-14-20(31(5)6)22(34)19(25(30)37)24(36)28(14,38-7)23(35)17(12)21(18)33/h8-9,12,14,20,32-33,36H,10-11H2,1-7H3,(H2,30,37)/t12-,14-,20-,28-/m0/s1. The Labute approximate surface area is 232 Å². The molecule has 0 aromatic heterocycles. The third-order valence-electron chi connectivity index (χ3n) is 9.44. The molecule has 1 aromatic rings. The molecule has 1 heterocycles. The van der Waals surface area contributed by atoms with Crippen LogP contribution in [-0.2, 0) is 34.9 Å². The van der Waals surface area contributed by atoms with Gasteiger partial charge in [-0.05, 0) is 77.6 Å². The second-order valence-corrected chi connectivity index (χ2v) is 12.3. The van der Waals surface area contributed by atoms with Gasteiger partial charge in [-0.2, -0.15) is 0 Å². The largest absolute Gasteiger partial charge is 0.508 e. The number of likely N-dealkylation sites (N-methyl/N-ethyl adjacent to an activating group) is 1. The van der Waals surface area contributed by atoms with Gasteiger partial charge in [0.1, 0.15) is 22.8 Å². The van der Waals surface area contributed by atoms with Crippen LogP contribution in [0, 0.1) is 11.8 Å². The average molecular weight is 554 g/mol. The van der Waals surface area contributed by atoms with Crippen molar-refractivity contribution in [3.8, 4) is 5.75 Å². The number of ether oxygens (including phenoxy) is 1. The summed E-state index contributed by atoms with van der Waals surface area (Å²) in [6.07, 6.45) is 0.355. The highest BCUT2D eigenvalue weighted by Gasteiger charge is 2.65. The molecule has 0 bridgehead atoms. The number of aromatic hydroxyl groups is 1. The van der Waals surface area contributed by atoms with Gasteiger partial charge in [-0.25, -0.2) is 0 Å². The molecule has 2 fully saturated rings. The molecule has 4 atom stereocenters. The van der Waals surface area contributed by atoms with Crippen molar-refractivity contribution in [2.75, 3.05) is 21.2 Å². The van der Waals surface area contributed by atoms with Crippen LogP contribution in [0.4, 0.5) is 0 Å². The number of carbonyl (C=O) groups excluding carboxylic acids is 3. The Morgan fingerprint density at radius 3 is 2.23 bits per heavy atom. The van der Waals surface area contributed by atoms with Gasteiger partial charge < -0.3 is 35.1 Å². The minimum absolute atomic E-state index is 0.0609. The normalized spacial score (nSPS) is 30.9. The molecule has 0 radical (unpaired) electrons. The predicted octanol–water partition coefficient (Wildman–Crippen LogP) is 0.917. The third kappa shape index (κ3) is 3.56. The van der Waals surface area contributed by atoms with Gasteiger partial charge >= 0.3 is 7.12 Å². The van der Waals surface area contributed by atoms with Gasteiger partial charge in [-0.15, -0.1) is 0 Å². The van der Waals surface area contributed by atoms with Gasteiger partial charge in [0, 0.05) is 18.6 Å². The molecule has 0 spiro atoms. The molecule has 4 aliphatic rings. The number of fused-ring (bicyclic) bond motifs is 3. The molecule has 5 rings (SSSR count). The van der Waals surface area contributed by atoms with Gasteiger partial charge in [-0.3, -0.25) is 19.3 Å². The lowest BCUT2D eigenvalue weighted by molar-refractivity contribution is -0.159. The number of methoxy groups -OCH3 is 1. The van der Waals surface area contributed by atoms with Crippen molar-refractivity contribution in [2.45, 2.75) is 63.4 Å². The molecule has 1 amide bonds. The van der Waals surface area contributed by atoms with Crippen molar-refractivity contribution in [1.29, 1.82) is 0 Å². The van der Waals surface area contributed by atoms with Crippen LogP contribution < -0.4 is 11.2 Å². The summed E-state index contributed by atoms with van der Waals surface area (Å²) in [7, 11) is 3.66.